The van der Waals surface area contributed by atoms with Gasteiger partial charge in [-0.1, -0.05) is 25.1 Å². The van der Waals surface area contributed by atoms with Crippen LogP contribution in [0.2, 0.25) is 0 Å². The van der Waals surface area contributed by atoms with Gasteiger partial charge in [0.25, 0.3) is 0 Å². The molecule has 0 radical (unpaired) electrons. The molecule has 2 N–H and O–H groups in total. The minimum absolute atomic E-state index is 0.370. The van der Waals surface area contributed by atoms with E-state index in [2.05, 4.69) is 10.6 Å². The van der Waals surface area contributed by atoms with Crippen LogP contribution in [-0.4, -0.2) is 18.7 Å². The fourth-order valence-electron chi connectivity index (χ4n) is 1.12. The molecule has 0 aromatic heterocycles. The van der Waals surface area contributed by atoms with Crippen LogP contribution in [0.25, 0.3) is 0 Å². The SMILES string of the molecule is CC[C@H](CF)NC(=O)Nc1ccccc1. The fourth-order valence-corrected chi connectivity index (χ4v) is 1.12. The average molecular weight is 210 g/mol. The molecule has 2 amide bonds. The highest BCUT2D eigenvalue weighted by Gasteiger charge is 2.09. The van der Waals surface area contributed by atoms with Crippen LogP contribution in [-0.2, 0) is 0 Å². The summed E-state index contributed by atoms with van der Waals surface area (Å²) in [7, 11) is 0. The molecule has 0 bridgehead atoms. The van der Waals surface area contributed by atoms with Gasteiger partial charge in [0.15, 0.2) is 0 Å². The van der Waals surface area contributed by atoms with Crippen molar-refractivity contribution in [3.05, 3.63) is 30.3 Å². The number of halogens is 1. The maximum atomic E-state index is 12.3. The first-order valence-corrected chi connectivity index (χ1v) is 4.94. The number of hydrogen-bond acceptors (Lipinski definition) is 1. The molecular weight excluding hydrogens is 195 g/mol. The molecule has 15 heavy (non-hydrogen) atoms. The van der Waals surface area contributed by atoms with Gasteiger partial charge in [0, 0.05) is 5.69 Å². The molecule has 0 unspecified atom stereocenters. The Balaban J connectivity index is 2.43. The predicted molar refractivity (Wildman–Crippen MR) is 58.7 cm³/mol. The molecule has 0 saturated heterocycles. The van der Waals surface area contributed by atoms with Crippen molar-refractivity contribution in [1.82, 2.24) is 5.32 Å². The summed E-state index contributed by atoms with van der Waals surface area (Å²) in [6.45, 7) is 1.28. The maximum Gasteiger partial charge on any atom is 0.319 e. The number of carbonyl (C=O) groups is 1. The standard InChI is InChI=1S/C11H15FN2O/c1-2-9(8-12)13-11(15)14-10-6-4-3-5-7-10/h3-7,9H,2,8H2,1H3,(H2,13,14,15)/t9-/m1/s1. The van der Waals surface area contributed by atoms with E-state index in [9.17, 15) is 9.18 Å². The minimum Gasteiger partial charge on any atom is -0.333 e. The Morgan fingerprint density at radius 2 is 2.07 bits per heavy atom. The third kappa shape index (κ3) is 3.97. The molecule has 3 nitrogen and oxygen atoms in total. The summed E-state index contributed by atoms with van der Waals surface area (Å²) in [4.78, 5) is 11.4. The van der Waals surface area contributed by atoms with E-state index in [0.29, 0.717) is 12.1 Å². The van der Waals surface area contributed by atoms with Gasteiger partial charge in [-0.05, 0) is 18.6 Å². The quantitative estimate of drug-likeness (QED) is 0.787. The number of rotatable bonds is 4. The van der Waals surface area contributed by atoms with E-state index in [1.807, 2.05) is 25.1 Å². The van der Waals surface area contributed by atoms with Crippen molar-refractivity contribution in [3.63, 3.8) is 0 Å². The summed E-state index contributed by atoms with van der Waals surface area (Å²) in [5.74, 6) is 0. The van der Waals surface area contributed by atoms with E-state index < -0.39 is 12.7 Å². The summed E-state index contributed by atoms with van der Waals surface area (Å²) in [6, 6.07) is 8.27. The predicted octanol–water partition coefficient (Wildman–Crippen LogP) is 2.56. The second-order valence-corrected chi connectivity index (χ2v) is 3.22. The number of benzene rings is 1. The Labute approximate surface area is 88.7 Å². The number of amides is 2. The van der Waals surface area contributed by atoms with Crippen molar-refractivity contribution in [2.24, 2.45) is 0 Å². The van der Waals surface area contributed by atoms with E-state index >= 15 is 0 Å². The molecule has 1 aromatic carbocycles. The Morgan fingerprint density at radius 3 is 2.60 bits per heavy atom. The molecule has 0 aliphatic heterocycles. The normalized spacial score (nSPS) is 11.9. The lowest BCUT2D eigenvalue weighted by atomic mass is 10.2. The first-order valence-electron chi connectivity index (χ1n) is 4.94. The zero-order valence-electron chi connectivity index (χ0n) is 8.66. The van der Waals surface area contributed by atoms with Crippen molar-refractivity contribution >= 4 is 11.7 Å². The van der Waals surface area contributed by atoms with Crippen LogP contribution in [0.1, 0.15) is 13.3 Å². The van der Waals surface area contributed by atoms with Crippen LogP contribution in [0.3, 0.4) is 0 Å². The highest BCUT2D eigenvalue weighted by Crippen LogP contribution is 2.04. The second-order valence-electron chi connectivity index (χ2n) is 3.22. The highest BCUT2D eigenvalue weighted by atomic mass is 19.1. The highest BCUT2D eigenvalue weighted by molar-refractivity contribution is 5.89. The fraction of sp³-hybridized carbons (Fsp3) is 0.364. The third-order valence-electron chi connectivity index (χ3n) is 2.05. The van der Waals surface area contributed by atoms with E-state index in [4.69, 9.17) is 0 Å². The third-order valence-corrected chi connectivity index (χ3v) is 2.05. The van der Waals surface area contributed by atoms with Crippen molar-refractivity contribution in [2.45, 2.75) is 19.4 Å². The van der Waals surface area contributed by atoms with Gasteiger partial charge in [0.2, 0.25) is 0 Å². The zero-order chi connectivity index (χ0) is 11.1. The second kappa shape index (κ2) is 6.01. The zero-order valence-corrected chi connectivity index (χ0v) is 8.66. The molecule has 1 rings (SSSR count). The summed E-state index contributed by atoms with van der Waals surface area (Å²) in [5.41, 5.74) is 0.698. The van der Waals surface area contributed by atoms with E-state index in [-0.39, 0.29) is 6.03 Å². The summed E-state index contributed by atoms with van der Waals surface area (Å²) >= 11 is 0. The van der Waals surface area contributed by atoms with Crippen molar-refractivity contribution in [1.29, 1.82) is 0 Å². The van der Waals surface area contributed by atoms with Crippen molar-refractivity contribution in [2.75, 3.05) is 12.0 Å². The summed E-state index contributed by atoms with van der Waals surface area (Å²) in [5, 5.41) is 5.16. The van der Waals surface area contributed by atoms with Gasteiger partial charge in [0.05, 0.1) is 6.04 Å². The molecular formula is C11H15FN2O. The van der Waals surface area contributed by atoms with Crippen LogP contribution in [0.15, 0.2) is 30.3 Å². The van der Waals surface area contributed by atoms with Gasteiger partial charge in [-0.3, -0.25) is 0 Å². The Bertz CT molecular complexity index is 299. The lowest BCUT2D eigenvalue weighted by molar-refractivity contribution is 0.244. The van der Waals surface area contributed by atoms with Crippen LogP contribution in [0.4, 0.5) is 14.9 Å². The molecule has 0 aliphatic rings. The summed E-state index contributed by atoms with van der Waals surface area (Å²) in [6.07, 6.45) is 0.582. The lowest BCUT2D eigenvalue weighted by Gasteiger charge is -2.13. The maximum absolute atomic E-state index is 12.3. The minimum atomic E-state index is -0.543. The van der Waals surface area contributed by atoms with E-state index in [1.54, 1.807) is 12.1 Å². The molecule has 0 spiro atoms. The lowest BCUT2D eigenvalue weighted by Crippen LogP contribution is -2.38. The molecule has 0 heterocycles. The van der Waals surface area contributed by atoms with Crippen LogP contribution in [0.5, 0.6) is 0 Å². The van der Waals surface area contributed by atoms with Gasteiger partial charge in [-0.25, -0.2) is 9.18 Å². The number of nitrogens with one attached hydrogen (secondary N) is 2. The Morgan fingerprint density at radius 1 is 1.40 bits per heavy atom. The van der Waals surface area contributed by atoms with Crippen LogP contribution in [0, 0.1) is 0 Å². The van der Waals surface area contributed by atoms with Crippen molar-refractivity contribution < 1.29 is 9.18 Å². The number of carbonyl (C=O) groups excluding carboxylic acids is 1. The molecule has 0 saturated carbocycles. The number of alkyl halides is 1. The monoisotopic (exact) mass is 210 g/mol. The van der Waals surface area contributed by atoms with Gasteiger partial charge in [-0.2, -0.15) is 0 Å². The van der Waals surface area contributed by atoms with Gasteiger partial charge in [0.1, 0.15) is 6.67 Å². The first-order chi connectivity index (χ1) is 7.26. The first kappa shape index (κ1) is 11.5. The number of hydrogen-bond donors (Lipinski definition) is 2. The van der Waals surface area contributed by atoms with E-state index in [0.717, 1.165) is 0 Å². The van der Waals surface area contributed by atoms with Gasteiger partial charge in [-0.15, -0.1) is 0 Å². The largest absolute Gasteiger partial charge is 0.333 e. The average Bonchev–Trinajstić information content (AvgIpc) is 2.27. The Hall–Kier alpha value is -1.58. The Kier molecular flexibility index (Phi) is 4.60. The number of anilines is 1. The van der Waals surface area contributed by atoms with Crippen LogP contribution < -0.4 is 10.6 Å². The van der Waals surface area contributed by atoms with E-state index in [1.165, 1.54) is 0 Å². The number of urea groups is 1. The van der Waals surface area contributed by atoms with Crippen molar-refractivity contribution in [3.8, 4) is 0 Å². The molecule has 1 atom stereocenters. The molecule has 0 aliphatic carbocycles. The number of para-hydroxylation sites is 1. The van der Waals surface area contributed by atoms with Gasteiger partial charge >= 0.3 is 6.03 Å². The summed E-state index contributed by atoms with van der Waals surface area (Å²) < 4.78 is 12.3. The molecule has 82 valence electrons. The molecule has 1 aromatic rings. The van der Waals surface area contributed by atoms with Gasteiger partial charge < -0.3 is 10.6 Å². The topological polar surface area (TPSA) is 41.1 Å². The molecule has 4 heteroatoms. The van der Waals surface area contributed by atoms with Crippen LogP contribution >= 0.6 is 0 Å². The smallest absolute Gasteiger partial charge is 0.319 e. The molecule has 0 fully saturated rings.